The minimum atomic E-state index is -0.456. The molecule has 1 aliphatic rings. The summed E-state index contributed by atoms with van der Waals surface area (Å²) < 4.78 is 12.5. The Labute approximate surface area is 186 Å². The van der Waals surface area contributed by atoms with Crippen LogP contribution in [0.15, 0.2) is 35.4 Å². The van der Waals surface area contributed by atoms with Gasteiger partial charge in [0.15, 0.2) is 0 Å². The van der Waals surface area contributed by atoms with Gasteiger partial charge in [-0.3, -0.25) is 14.4 Å². The molecule has 0 radical (unpaired) electrons. The van der Waals surface area contributed by atoms with Crippen LogP contribution in [0.1, 0.15) is 20.8 Å². The van der Waals surface area contributed by atoms with Gasteiger partial charge >= 0.3 is 5.97 Å². The van der Waals surface area contributed by atoms with E-state index in [9.17, 15) is 14.4 Å². The molecule has 1 aromatic heterocycles. The molecule has 9 heteroatoms. The van der Waals surface area contributed by atoms with Gasteiger partial charge < -0.3 is 24.3 Å². The van der Waals surface area contributed by atoms with E-state index in [4.69, 9.17) is 9.47 Å². The number of aromatic nitrogens is 1. The van der Waals surface area contributed by atoms with Crippen molar-refractivity contribution in [3.05, 3.63) is 30.5 Å². The van der Waals surface area contributed by atoms with Crippen LogP contribution >= 0.6 is 11.8 Å². The summed E-state index contributed by atoms with van der Waals surface area (Å²) in [6.45, 7) is 7.22. The maximum atomic E-state index is 12.9. The number of carbonyl (C=O) groups is 3. The van der Waals surface area contributed by atoms with Crippen molar-refractivity contribution < 1.29 is 23.9 Å². The topological polar surface area (TPSA) is 89.9 Å². The molecule has 0 unspecified atom stereocenters. The molecule has 1 N–H and O–H groups in total. The summed E-state index contributed by atoms with van der Waals surface area (Å²) in [5.74, 6) is -0.490. The second kappa shape index (κ2) is 10.7. The Kier molecular flexibility index (Phi) is 7.97. The molecule has 1 saturated heterocycles. The van der Waals surface area contributed by atoms with E-state index in [-0.39, 0.29) is 49.5 Å². The zero-order valence-corrected chi connectivity index (χ0v) is 18.9. The number of morpholine rings is 1. The van der Waals surface area contributed by atoms with Crippen molar-refractivity contribution >= 4 is 40.4 Å². The highest BCUT2D eigenvalue weighted by Crippen LogP contribution is 2.30. The SMILES string of the molecule is CCOC(=O)CNC(=O)CSc1cn(CC(=O)N2C[C@@H](C)O[C@@H](C)C2)c2ccccc12. The van der Waals surface area contributed by atoms with Crippen molar-refractivity contribution in [3.8, 4) is 0 Å². The largest absolute Gasteiger partial charge is 0.465 e. The monoisotopic (exact) mass is 447 g/mol. The minimum absolute atomic E-state index is 0.0216. The zero-order valence-electron chi connectivity index (χ0n) is 18.1. The number of carbonyl (C=O) groups excluding carboxylic acids is 3. The molecule has 1 fully saturated rings. The highest BCUT2D eigenvalue weighted by atomic mass is 32.2. The van der Waals surface area contributed by atoms with Crippen molar-refractivity contribution in [2.45, 2.75) is 44.4 Å². The van der Waals surface area contributed by atoms with Crippen molar-refractivity contribution in [3.63, 3.8) is 0 Å². The Hall–Kier alpha value is -2.52. The molecule has 0 aliphatic carbocycles. The van der Waals surface area contributed by atoms with Gasteiger partial charge in [-0.05, 0) is 26.8 Å². The molecule has 0 saturated carbocycles. The molecule has 1 aliphatic heterocycles. The van der Waals surface area contributed by atoms with Crippen LogP contribution in [0.4, 0.5) is 0 Å². The van der Waals surface area contributed by atoms with Gasteiger partial charge in [0.1, 0.15) is 13.1 Å². The summed E-state index contributed by atoms with van der Waals surface area (Å²) in [5.41, 5.74) is 0.944. The van der Waals surface area contributed by atoms with Crippen LogP contribution in [0.2, 0.25) is 0 Å². The third-order valence-electron chi connectivity index (χ3n) is 4.92. The first-order valence-electron chi connectivity index (χ1n) is 10.4. The van der Waals surface area contributed by atoms with Crippen LogP contribution in [0.5, 0.6) is 0 Å². The molecular weight excluding hydrogens is 418 g/mol. The van der Waals surface area contributed by atoms with Crippen LogP contribution in [-0.2, 0) is 30.4 Å². The van der Waals surface area contributed by atoms with Gasteiger partial charge in [-0.15, -0.1) is 11.8 Å². The molecule has 0 bridgehead atoms. The van der Waals surface area contributed by atoms with Gasteiger partial charge in [0.25, 0.3) is 0 Å². The number of para-hydroxylation sites is 1. The van der Waals surface area contributed by atoms with E-state index in [2.05, 4.69) is 5.32 Å². The number of benzene rings is 1. The third kappa shape index (κ3) is 6.24. The first-order valence-corrected chi connectivity index (χ1v) is 11.4. The lowest BCUT2D eigenvalue weighted by molar-refractivity contribution is -0.144. The number of nitrogens with zero attached hydrogens (tertiary/aromatic N) is 2. The first kappa shape index (κ1) is 23.1. The van der Waals surface area contributed by atoms with E-state index in [1.165, 1.54) is 11.8 Å². The molecule has 168 valence electrons. The second-order valence-electron chi connectivity index (χ2n) is 7.56. The molecule has 3 rings (SSSR count). The van der Waals surface area contributed by atoms with Crippen molar-refractivity contribution in [2.24, 2.45) is 0 Å². The van der Waals surface area contributed by atoms with E-state index < -0.39 is 5.97 Å². The summed E-state index contributed by atoms with van der Waals surface area (Å²) in [4.78, 5) is 39.2. The number of fused-ring (bicyclic) bond motifs is 1. The number of ether oxygens (including phenoxy) is 2. The van der Waals surface area contributed by atoms with E-state index in [0.717, 1.165) is 15.8 Å². The number of thioether (sulfide) groups is 1. The maximum absolute atomic E-state index is 12.9. The Morgan fingerprint density at radius 3 is 2.61 bits per heavy atom. The number of esters is 1. The standard InChI is InChI=1S/C22H29N3O5S/c1-4-29-22(28)9-23-20(26)14-31-19-12-24(18-8-6-5-7-17(18)19)13-21(27)25-10-15(2)30-16(3)11-25/h5-8,12,15-16H,4,9-11,13-14H2,1-3H3,(H,23,26)/t15-,16+. The third-order valence-corrected chi connectivity index (χ3v) is 5.97. The number of nitrogens with one attached hydrogen (secondary N) is 1. The van der Waals surface area contributed by atoms with Gasteiger partial charge in [-0.1, -0.05) is 18.2 Å². The number of hydrogen-bond donors (Lipinski definition) is 1. The average molecular weight is 448 g/mol. The van der Waals surface area contributed by atoms with Crippen LogP contribution in [0, 0.1) is 0 Å². The molecule has 2 amide bonds. The molecule has 0 spiro atoms. The van der Waals surface area contributed by atoms with Gasteiger partial charge in [0.05, 0.1) is 24.6 Å². The van der Waals surface area contributed by atoms with Crippen molar-refractivity contribution in [1.82, 2.24) is 14.8 Å². The zero-order chi connectivity index (χ0) is 22.4. The molecule has 2 aromatic rings. The smallest absolute Gasteiger partial charge is 0.325 e. The fraction of sp³-hybridized carbons (Fsp3) is 0.500. The molecule has 2 heterocycles. The Morgan fingerprint density at radius 2 is 1.90 bits per heavy atom. The Balaban J connectivity index is 1.65. The highest BCUT2D eigenvalue weighted by molar-refractivity contribution is 8.00. The second-order valence-corrected chi connectivity index (χ2v) is 8.58. The molecule has 8 nitrogen and oxygen atoms in total. The Bertz CT molecular complexity index is 934. The van der Waals surface area contributed by atoms with Crippen LogP contribution in [0.25, 0.3) is 10.9 Å². The fourth-order valence-corrected chi connectivity index (χ4v) is 4.58. The quantitative estimate of drug-likeness (QED) is 0.492. The van der Waals surface area contributed by atoms with E-state index >= 15 is 0 Å². The van der Waals surface area contributed by atoms with E-state index in [0.29, 0.717) is 13.1 Å². The average Bonchev–Trinajstić information content (AvgIpc) is 3.08. The van der Waals surface area contributed by atoms with Gasteiger partial charge in [0.2, 0.25) is 11.8 Å². The van der Waals surface area contributed by atoms with Crippen molar-refractivity contribution in [2.75, 3.05) is 32.0 Å². The predicted molar refractivity (Wildman–Crippen MR) is 119 cm³/mol. The Morgan fingerprint density at radius 1 is 1.19 bits per heavy atom. The van der Waals surface area contributed by atoms with Crippen LogP contribution < -0.4 is 5.32 Å². The molecular formula is C22H29N3O5S. The fourth-order valence-electron chi connectivity index (χ4n) is 3.66. The normalized spacial score (nSPS) is 18.7. The lowest BCUT2D eigenvalue weighted by Gasteiger charge is -2.35. The van der Waals surface area contributed by atoms with E-state index in [1.54, 1.807) is 6.92 Å². The lowest BCUT2D eigenvalue weighted by Crippen LogP contribution is -2.49. The first-order chi connectivity index (χ1) is 14.9. The van der Waals surface area contributed by atoms with E-state index in [1.807, 2.05) is 53.8 Å². The number of amides is 2. The van der Waals surface area contributed by atoms with Gasteiger partial charge in [-0.2, -0.15) is 0 Å². The van der Waals surface area contributed by atoms with Gasteiger partial charge in [-0.25, -0.2) is 0 Å². The van der Waals surface area contributed by atoms with Gasteiger partial charge in [0, 0.05) is 35.1 Å². The molecule has 31 heavy (non-hydrogen) atoms. The summed E-state index contributed by atoms with van der Waals surface area (Å²) in [6, 6.07) is 7.82. The van der Waals surface area contributed by atoms with Crippen molar-refractivity contribution in [1.29, 1.82) is 0 Å². The highest BCUT2D eigenvalue weighted by Gasteiger charge is 2.26. The number of rotatable bonds is 8. The summed E-state index contributed by atoms with van der Waals surface area (Å²) in [6.07, 6.45) is 1.96. The summed E-state index contributed by atoms with van der Waals surface area (Å²) in [7, 11) is 0. The maximum Gasteiger partial charge on any atom is 0.325 e. The lowest BCUT2D eigenvalue weighted by atomic mass is 10.2. The molecule has 1 aromatic carbocycles. The predicted octanol–water partition coefficient (Wildman–Crippen LogP) is 2.05. The summed E-state index contributed by atoms with van der Waals surface area (Å²) in [5, 5.41) is 3.55. The summed E-state index contributed by atoms with van der Waals surface area (Å²) >= 11 is 1.38. The minimum Gasteiger partial charge on any atom is -0.465 e. The number of hydrogen-bond acceptors (Lipinski definition) is 6. The molecule has 2 atom stereocenters. The van der Waals surface area contributed by atoms with Crippen LogP contribution in [0.3, 0.4) is 0 Å². The van der Waals surface area contributed by atoms with Crippen LogP contribution in [-0.4, -0.2) is 71.5 Å².